The van der Waals surface area contributed by atoms with Gasteiger partial charge in [0.05, 0.1) is 21.3 Å². The highest BCUT2D eigenvalue weighted by Crippen LogP contribution is 2.31. The van der Waals surface area contributed by atoms with Crippen LogP contribution in [0.3, 0.4) is 0 Å². The van der Waals surface area contributed by atoms with E-state index in [-0.39, 0.29) is 5.91 Å². The quantitative estimate of drug-likeness (QED) is 0.870. The first kappa shape index (κ1) is 15.2. The molecular formula is C17H16Cl2N2O. The van der Waals surface area contributed by atoms with Gasteiger partial charge in [0.15, 0.2) is 0 Å². The Morgan fingerprint density at radius 2 is 1.59 bits per heavy atom. The molecule has 0 spiro atoms. The zero-order valence-electron chi connectivity index (χ0n) is 12.0. The first-order valence-electron chi connectivity index (χ1n) is 7.26. The van der Waals surface area contributed by atoms with Crippen LogP contribution in [-0.4, -0.2) is 19.0 Å². The number of halogens is 2. The van der Waals surface area contributed by atoms with E-state index in [2.05, 4.69) is 10.2 Å². The van der Waals surface area contributed by atoms with Crippen LogP contribution < -0.4 is 10.2 Å². The number of anilines is 2. The summed E-state index contributed by atoms with van der Waals surface area (Å²) in [6.07, 6.45) is 2.32. The van der Waals surface area contributed by atoms with E-state index in [9.17, 15) is 4.79 Å². The van der Waals surface area contributed by atoms with Crippen molar-refractivity contribution < 1.29 is 4.79 Å². The summed E-state index contributed by atoms with van der Waals surface area (Å²) in [7, 11) is 0. The molecule has 0 atom stereocenters. The summed E-state index contributed by atoms with van der Waals surface area (Å²) < 4.78 is 0. The maximum absolute atomic E-state index is 12.6. The molecule has 114 valence electrons. The van der Waals surface area contributed by atoms with E-state index in [0.717, 1.165) is 31.6 Å². The molecule has 0 radical (unpaired) electrons. The SMILES string of the molecule is O=C(Nc1c(Cl)cccc1Cl)c1ccccc1N1CCCC1. The second-order valence-corrected chi connectivity index (χ2v) is 6.08. The average Bonchev–Trinajstić information content (AvgIpc) is 3.05. The van der Waals surface area contributed by atoms with Crippen molar-refractivity contribution >= 4 is 40.5 Å². The first-order valence-corrected chi connectivity index (χ1v) is 8.02. The minimum Gasteiger partial charge on any atom is -0.371 e. The molecule has 5 heteroatoms. The van der Waals surface area contributed by atoms with Crippen LogP contribution >= 0.6 is 23.2 Å². The highest BCUT2D eigenvalue weighted by atomic mass is 35.5. The monoisotopic (exact) mass is 334 g/mol. The van der Waals surface area contributed by atoms with Crippen LogP contribution in [0.4, 0.5) is 11.4 Å². The highest BCUT2D eigenvalue weighted by Gasteiger charge is 2.20. The van der Waals surface area contributed by atoms with Gasteiger partial charge in [-0.25, -0.2) is 0 Å². The average molecular weight is 335 g/mol. The van der Waals surface area contributed by atoms with Crippen LogP contribution in [0.5, 0.6) is 0 Å². The summed E-state index contributed by atoms with van der Waals surface area (Å²) >= 11 is 12.2. The molecule has 3 rings (SSSR count). The van der Waals surface area contributed by atoms with Crippen LogP contribution in [0.25, 0.3) is 0 Å². The summed E-state index contributed by atoms with van der Waals surface area (Å²) in [5.41, 5.74) is 2.05. The molecule has 22 heavy (non-hydrogen) atoms. The fourth-order valence-corrected chi connectivity index (χ4v) is 3.19. The normalized spacial score (nSPS) is 14.2. The summed E-state index contributed by atoms with van der Waals surface area (Å²) in [5.74, 6) is -0.197. The van der Waals surface area contributed by atoms with Crippen molar-refractivity contribution in [1.82, 2.24) is 0 Å². The zero-order chi connectivity index (χ0) is 15.5. The smallest absolute Gasteiger partial charge is 0.257 e. The topological polar surface area (TPSA) is 32.3 Å². The van der Waals surface area contributed by atoms with E-state index in [1.54, 1.807) is 18.2 Å². The van der Waals surface area contributed by atoms with Gasteiger partial charge >= 0.3 is 0 Å². The Morgan fingerprint density at radius 1 is 0.955 bits per heavy atom. The number of carbonyl (C=O) groups excluding carboxylic acids is 1. The lowest BCUT2D eigenvalue weighted by atomic mass is 10.1. The van der Waals surface area contributed by atoms with Gasteiger partial charge < -0.3 is 10.2 Å². The number of rotatable bonds is 3. The standard InChI is InChI=1S/C17H16Cl2N2O/c18-13-7-5-8-14(19)16(13)20-17(22)12-6-1-2-9-15(12)21-10-3-4-11-21/h1-2,5-9H,3-4,10-11H2,(H,20,22). The number of amides is 1. The molecular weight excluding hydrogens is 319 g/mol. The van der Waals surface area contributed by atoms with E-state index in [1.807, 2.05) is 24.3 Å². The molecule has 1 amide bonds. The maximum atomic E-state index is 12.6. The van der Waals surface area contributed by atoms with Crippen molar-refractivity contribution in [3.05, 3.63) is 58.1 Å². The minimum absolute atomic E-state index is 0.197. The third kappa shape index (κ3) is 3.06. The maximum Gasteiger partial charge on any atom is 0.257 e. The van der Waals surface area contributed by atoms with Crippen molar-refractivity contribution in [3.8, 4) is 0 Å². The molecule has 1 saturated heterocycles. The van der Waals surface area contributed by atoms with E-state index in [1.165, 1.54) is 0 Å². The van der Waals surface area contributed by atoms with E-state index < -0.39 is 0 Å². The molecule has 0 bridgehead atoms. The molecule has 0 aromatic heterocycles. The number of hydrogen-bond acceptors (Lipinski definition) is 2. The van der Waals surface area contributed by atoms with Gasteiger partial charge in [-0.05, 0) is 37.1 Å². The van der Waals surface area contributed by atoms with Crippen molar-refractivity contribution in [3.63, 3.8) is 0 Å². The van der Waals surface area contributed by atoms with Gasteiger partial charge in [-0.15, -0.1) is 0 Å². The Balaban J connectivity index is 1.89. The van der Waals surface area contributed by atoms with Crippen molar-refractivity contribution in [1.29, 1.82) is 0 Å². The molecule has 3 nitrogen and oxygen atoms in total. The largest absolute Gasteiger partial charge is 0.371 e. The lowest BCUT2D eigenvalue weighted by Gasteiger charge is -2.21. The van der Waals surface area contributed by atoms with Crippen LogP contribution in [0.1, 0.15) is 23.2 Å². The van der Waals surface area contributed by atoms with E-state index >= 15 is 0 Å². The molecule has 0 aliphatic carbocycles. The number of para-hydroxylation sites is 2. The first-order chi connectivity index (χ1) is 10.7. The highest BCUT2D eigenvalue weighted by molar-refractivity contribution is 6.40. The number of nitrogens with one attached hydrogen (secondary N) is 1. The number of benzene rings is 2. The number of nitrogens with zero attached hydrogens (tertiary/aromatic N) is 1. The van der Waals surface area contributed by atoms with Crippen molar-refractivity contribution in [2.45, 2.75) is 12.8 Å². The Labute approximate surface area is 139 Å². The van der Waals surface area contributed by atoms with Gasteiger partial charge in [0, 0.05) is 18.8 Å². The lowest BCUT2D eigenvalue weighted by Crippen LogP contribution is -2.22. The summed E-state index contributed by atoms with van der Waals surface area (Å²) in [4.78, 5) is 14.9. The van der Waals surface area contributed by atoms with Crippen LogP contribution in [0.2, 0.25) is 10.0 Å². The van der Waals surface area contributed by atoms with Crippen molar-refractivity contribution in [2.75, 3.05) is 23.3 Å². The molecule has 0 saturated carbocycles. The number of carbonyl (C=O) groups is 1. The number of hydrogen-bond donors (Lipinski definition) is 1. The van der Waals surface area contributed by atoms with E-state index in [0.29, 0.717) is 21.3 Å². The van der Waals surface area contributed by atoms with Gasteiger partial charge in [-0.3, -0.25) is 4.79 Å². The summed E-state index contributed by atoms with van der Waals surface area (Å²) in [6, 6.07) is 12.8. The molecule has 0 unspecified atom stereocenters. The molecule has 2 aromatic rings. The molecule has 2 aromatic carbocycles. The third-order valence-electron chi connectivity index (χ3n) is 3.80. The Morgan fingerprint density at radius 3 is 2.27 bits per heavy atom. The Hall–Kier alpha value is -1.71. The van der Waals surface area contributed by atoms with Crippen LogP contribution in [0, 0.1) is 0 Å². The molecule has 1 aliphatic rings. The fraction of sp³-hybridized carbons (Fsp3) is 0.235. The molecule has 1 heterocycles. The third-order valence-corrected chi connectivity index (χ3v) is 4.43. The molecule has 1 aliphatic heterocycles. The second-order valence-electron chi connectivity index (χ2n) is 5.26. The Bertz CT molecular complexity index is 677. The Kier molecular flexibility index (Phi) is 4.55. The predicted octanol–water partition coefficient (Wildman–Crippen LogP) is 4.85. The minimum atomic E-state index is -0.197. The van der Waals surface area contributed by atoms with Gasteiger partial charge in [0.1, 0.15) is 0 Å². The van der Waals surface area contributed by atoms with Crippen LogP contribution in [-0.2, 0) is 0 Å². The van der Waals surface area contributed by atoms with E-state index in [4.69, 9.17) is 23.2 Å². The zero-order valence-corrected chi connectivity index (χ0v) is 13.5. The lowest BCUT2D eigenvalue weighted by molar-refractivity contribution is 0.102. The van der Waals surface area contributed by atoms with Crippen molar-refractivity contribution in [2.24, 2.45) is 0 Å². The summed E-state index contributed by atoms with van der Waals surface area (Å²) in [5, 5.41) is 3.69. The molecule has 1 N–H and O–H groups in total. The van der Waals surface area contributed by atoms with Gasteiger partial charge in [0.2, 0.25) is 0 Å². The fourth-order valence-electron chi connectivity index (χ4n) is 2.70. The van der Waals surface area contributed by atoms with Gasteiger partial charge in [-0.2, -0.15) is 0 Å². The molecule has 1 fully saturated rings. The predicted molar refractivity (Wildman–Crippen MR) is 92.3 cm³/mol. The van der Waals surface area contributed by atoms with Gasteiger partial charge in [0.25, 0.3) is 5.91 Å². The van der Waals surface area contributed by atoms with Gasteiger partial charge in [-0.1, -0.05) is 41.4 Å². The summed E-state index contributed by atoms with van der Waals surface area (Å²) in [6.45, 7) is 1.97. The van der Waals surface area contributed by atoms with Crippen LogP contribution in [0.15, 0.2) is 42.5 Å². The second kappa shape index (κ2) is 6.59.